The number of hydrogen-bond donors (Lipinski definition) is 3. The third-order valence-corrected chi connectivity index (χ3v) is 4.90. The molecule has 0 amide bonds. The van der Waals surface area contributed by atoms with Crippen molar-refractivity contribution in [1.82, 2.24) is 0 Å². The zero-order valence-electron chi connectivity index (χ0n) is 11.9. The largest absolute Gasteiger partial charge is 0.481 e. The van der Waals surface area contributed by atoms with Crippen molar-refractivity contribution in [1.29, 1.82) is 0 Å². The Hall–Kier alpha value is 0.260. The van der Waals surface area contributed by atoms with Crippen LogP contribution in [0, 0.1) is 0 Å². The molecule has 0 aromatic rings. The predicted molar refractivity (Wildman–Crippen MR) is 76.1 cm³/mol. The highest BCUT2D eigenvalue weighted by atomic mass is 31.3. The molecule has 1 unspecified atom stereocenters. The fraction of sp³-hybridized carbons (Fsp3) is 1.00. The fourth-order valence-electron chi connectivity index (χ4n) is 1.75. The summed E-state index contributed by atoms with van der Waals surface area (Å²) in [6.45, 7) is 2.12. The van der Waals surface area contributed by atoms with Crippen LogP contribution in [0.15, 0.2) is 0 Å². The van der Waals surface area contributed by atoms with Gasteiger partial charge in [-0.15, -0.1) is 0 Å². The molecule has 20 heavy (non-hydrogen) atoms. The summed E-state index contributed by atoms with van der Waals surface area (Å²) in [6.07, 6.45) is 9.77. The molecule has 7 nitrogen and oxygen atoms in total. The van der Waals surface area contributed by atoms with Crippen molar-refractivity contribution >= 4 is 15.6 Å². The van der Waals surface area contributed by atoms with Crippen LogP contribution in [-0.2, 0) is 18.0 Å². The van der Waals surface area contributed by atoms with Crippen LogP contribution in [-0.4, -0.2) is 21.3 Å². The molecule has 0 rings (SSSR count). The van der Waals surface area contributed by atoms with Crippen molar-refractivity contribution in [3.05, 3.63) is 0 Å². The first kappa shape index (κ1) is 20.3. The van der Waals surface area contributed by atoms with Gasteiger partial charge < -0.3 is 14.7 Å². The normalized spacial score (nSPS) is 15.2. The molecule has 0 aliphatic heterocycles. The Kier molecular flexibility index (Phi) is 11.1. The predicted octanol–water partition coefficient (Wildman–Crippen LogP) is 3.74. The molecule has 0 spiro atoms. The number of phosphoric acid groups is 2. The lowest BCUT2D eigenvalue weighted by Gasteiger charge is -2.12. The van der Waals surface area contributed by atoms with E-state index in [4.69, 9.17) is 14.7 Å². The van der Waals surface area contributed by atoms with Crippen molar-refractivity contribution in [2.75, 3.05) is 6.61 Å². The minimum absolute atomic E-state index is 0.0520. The third kappa shape index (κ3) is 14.7. The maximum Gasteiger partial charge on any atom is 0.481 e. The molecule has 0 saturated heterocycles. The SMILES string of the molecule is CCCCCCCCCCCOP(=O)(O)OP(=O)(O)O. The first-order chi connectivity index (χ1) is 9.27. The second-order valence-electron chi connectivity index (χ2n) is 4.70. The molecule has 0 radical (unpaired) electrons. The molecule has 0 bridgehead atoms. The van der Waals surface area contributed by atoms with E-state index in [1.807, 2.05) is 0 Å². The van der Waals surface area contributed by atoms with Crippen molar-refractivity contribution in [3.8, 4) is 0 Å². The Morgan fingerprint density at radius 3 is 1.70 bits per heavy atom. The van der Waals surface area contributed by atoms with E-state index in [9.17, 15) is 9.13 Å². The molecule has 9 heteroatoms. The Labute approximate surface area is 120 Å². The van der Waals surface area contributed by atoms with Crippen LogP contribution in [0.2, 0.25) is 0 Å². The second-order valence-corrected chi connectivity index (χ2v) is 7.53. The van der Waals surface area contributed by atoms with E-state index in [2.05, 4.69) is 15.8 Å². The number of hydrogen-bond acceptors (Lipinski definition) is 4. The van der Waals surface area contributed by atoms with Gasteiger partial charge in [-0.05, 0) is 6.42 Å². The van der Waals surface area contributed by atoms with Crippen molar-refractivity contribution in [2.45, 2.75) is 64.7 Å². The summed E-state index contributed by atoms with van der Waals surface area (Å²) >= 11 is 0. The van der Waals surface area contributed by atoms with E-state index in [0.29, 0.717) is 6.42 Å². The lowest BCUT2D eigenvalue weighted by molar-refractivity contribution is 0.176. The molecule has 0 aliphatic carbocycles. The molecule has 0 aliphatic rings. The van der Waals surface area contributed by atoms with E-state index in [0.717, 1.165) is 19.3 Å². The summed E-state index contributed by atoms with van der Waals surface area (Å²) < 4.78 is 29.6. The quantitative estimate of drug-likeness (QED) is 0.348. The zero-order valence-corrected chi connectivity index (χ0v) is 13.7. The molecule has 122 valence electrons. The van der Waals surface area contributed by atoms with Gasteiger partial charge in [0.2, 0.25) is 0 Å². The summed E-state index contributed by atoms with van der Waals surface area (Å²) in [7, 11) is -9.66. The Balaban J connectivity index is 3.44. The van der Waals surface area contributed by atoms with E-state index in [1.165, 1.54) is 32.1 Å². The molecule has 0 heterocycles. The molecule has 1 atom stereocenters. The van der Waals surface area contributed by atoms with Gasteiger partial charge in [0.25, 0.3) is 0 Å². The van der Waals surface area contributed by atoms with Crippen LogP contribution in [0.3, 0.4) is 0 Å². The van der Waals surface area contributed by atoms with Gasteiger partial charge in [-0.25, -0.2) is 9.13 Å². The van der Waals surface area contributed by atoms with Crippen molar-refractivity contribution in [2.24, 2.45) is 0 Å². The van der Waals surface area contributed by atoms with Gasteiger partial charge in [0, 0.05) is 0 Å². The minimum Gasteiger partial charge on any atom is -0.302 e. The van der Waals surface area contributed by atoms with Crippen molar-refractivity contribution in [3.63, 3.8) is 0 Å². The van der Waals surface area contributed by atoms with Gasteiger partial charge in [0.1, 0.15) is 0 Å². The summed E-state index contributed by atoms with van der Waals surface area (Å²) in [5, 5.41) is 0. The highest BCUT2D eigenvalue weighted by Gasteiger charge is 2.31. The standard InChI is InChI=1S/C11H26O7P2/c1-2-3-4-5-6-7-8-9-10-11-17-20(15,16)18-19(12,13)14/h2-11H2,1H3,(H,15,16)(H2,12,13,14). The smallest absolute Gasteiger partial charge is 0.302 e. The lowest BCUT2D eigenvalue weighted by Crippen LogP contribution is -1.96. The third-order valence-electron chi connectivity index (χ3n) is 2.71. The maximum absolute atomic E-state index is 11.1. The molecular formula is C11H26O7P2. The minimum atomic E-state index is -5.01. The summed E-state index contributed by atoms with van der Waals surface area (Å²) in [5.74, 6) is 0. The van der Waals surface area contributed by atoms with Crippen LogP contribution in [0.25, 0.3) is 0 Å². The second kappa shape index (κ2) is 10.9. The molecule has 0 saturated carbocycles. The maximum atomic E-state index is 11.1. The van der Waals surface area contributed by atoms with Crippen LogP contribution < -0.4 is 0 Å². The Bertz CT molecular complexity index is 329. The fourth-order valence-corrected chi connectivity index (χ4v) is 3.37. The van der Waals surface area contributed by atoms with E-state index in [-0.39, 0.29) is 6.61 Å². The Morgan fingerprint density at radius 1 is 0.800 bits per heavy atom. The number of phosphoric ester groups is 1. The lowest BCUT2D eigenvalue weighted by atomic mass is 10.1. The Morgan fingerprint density at radius 2 is 1.25 bits per heavy atom. The van der Waals surface area contributed by atoms with Crippen LogP contribution >= 0.6 is 15.6 Å². The van der Waals surface area contributed by atoms with Gasteiger partial charge in [-0.3, -0.25) is 4.52 Å². The molecule has 0 aromatic carbocycles. The monoisotopic (exact) mass is 332 g/mol. The molecule has 3 N–H and O–H groups in total. The average molecular weight is 332 g/mol. The van der Waals surface area contributed by atoms with E-state index >= 15 is 0 Å². The summed E-state index contributed by atoms with van der Waals surface area (Å²) in [4.78, 5) is 25.8. The summed E-state index contributed by atoms with van der Waals surface area (Å²) in [5.41, 5.74) is 0. The van der Waals surface area contributed by atoms with Crippen LogP contribution in [0.5, 0.6) is 0 Å². The van der Waals surface area contributed by atoms with E-state index < -0.39 is 15.6 Å². The highest BCUT2D eigenvalue weighted by Crippen LogP contribution is 2.57. The van der Waals surface area contributed by atoms with Gasteiger partial charge in [0.05, 0.1) is 6.61 Å². The molecule has 0 fully saturated rings. The zero-order chi connectivity index (χ0) is 15.5. The first-order valence-corrected chi connectivity index (χ1v) is 10.0. The summed E-state index contributed by atoms with van der Waals surface area (Å²) in [6, 6.07) is 0. The van der Waals surface area contributed by atoms with Crippen molar-refractivity contribution < 1.29 is 32.6 Å². The first-order valence-electron chi connectivity index (χ1n) is 7.01. The number of rotatable bonds is 13. The number of unbranched alkanes of at least 4 members (excludes halogenated alkanes) is 8. The average Bonchev–Trinajstić information content (AvgIpc) is 2.28. The van der Waals surface area contributed by atoms with Crippen LogP contribution in [0.4, 0.5) is 0 Å². The topological polar surface area (TPSA) is 113 Å². The van der Waals surface area contributed by atoms with Crippen LogP contribution in [0.1, 0.15) is 64.7 Å². The van der Waals surface area contributed by atoms with Gasteiger partial charge in [-0.2, -0.15) is 4.31 Å². The van der Waals surface area contributed by atoms with Gasteiger partial charge >= 0.3 is 15.6 Å². The molecular weight excluding hydrogens is 306 g/mol. The highest BCUT2D eigenvalue weighted by molar-refractivity contribution is 7.60. The molecule has 0 aromatic heterocycles. The van der Waals surface area contributed by atoms with Gasteiger partial charge in [-0.1, -0.05) is 58.3 Å². The van der Waals surface area contributed by atoms with E-state index in [1.54, 1.807) is 0 Å². The van der Waals surface area contributed by atoms with Gasteiger partial charge in [0.15, 0.2) is 0 Å².